The number of anilines is 1. The van der Waals surface area contributed by atoms with Crippen molar-refractivity contribution >= 4 is 46.2 Å². The first-order valence-corrected chi connectivity index (χ1v) is 7.96. The van der Waals surface area contributed by atoms with E-state index >= 15 is 0 Å². The van der Waals surface area contributed by atoms with Gasteiger partial charge in [0.05, 0.1) is 6.61 Å². The Morgan fingerprint density at radius 3 is 2.73 bits per heavy atom. The van der Waals surface area contributed by atoms with E-state index in [1.807, 2.05) is 37.3 Å². The van der Waals surface area contributed by atoms with Gasteiger partial charge in [0.2, 0.25) is 0 Å². The lowest BCUT2D eigenvalue weighted by molar-refractivity contribution is 0.340. The molecule has 0 aliphatic heterocycles. The fourth-order valence-electron chi connectivity index (χ4n) is 1.85. The molecule has 2 rings (SSSR count). The Morgan fingerprint density at radius 1 is 1.18 bits per heavy atom. The van der Waals surface area contributed by atoms with E-state index in [-0.39, 0.29) is 0 Å². The summed E-state index contributed by atoms with van der Waals surface area (Å²) < 4.78 is 5.45. The molecule has 0 aliphatic rings. The molecule has 0 saturated heterocycles. The van der Waals surface area contributed by atoms with Crippen LogP contribution in [0.3, 0.4) is 0 Å². The van der Waals surface area contributed by atoms with Gasteiger partial charge < -0.3 is 15.4 Å². The van der Waals surface area contributed by atoms with Crippen LogP contribution in [-0.2, 0) is 6.54 Å². The van der Waals surface area contributed by atoms with Gasteiger partial charge in [-0.2, -0.15) is 0 Å². The highest BCUT2D eigenvalue weighted by atomic mass is 35.5. The van der Waals surface area contributed by atoms with E-state index in [0.29, 0.717) is 28.3 Å². The molecule has 0 saturated carbocycles. The molecule has 0 spiro atoms. The molecule has 0 fully saturated rings. The standard InChI is InChI=1S/C16H16Cl2N2OS/c1-2-21-14-5-3-4-13(9-14)20-16(22)19-10-11-6-7-12(17)8-15(11)18/h3-9H,2,10H2,1H3,(H2,19,20,22). The lowest BCUT2D eigenvalue weighted by atomic mass is 10.2. The Bertz CT molecular complexity index is 664. The van der Waals surface area contributed by atoms with Gasteiger partial charge in [0, 0.05) is 28.3 Å². The number of benzene rings is 2. The van der Waals surface area contributed by atoms with E-state index in [0.717, 1.165) is 17.0 Å². The van der Waals surface area contributed by atoms with Crippen LogP contribution in [-0.4, -0.2) is 11.7 Å². The fraction of sp³-hybridized carbons (Fsp3) is 0.188. The summed E-state index contributed by atoms with van der Waals surface area (Å²) >= 11 is 17.3. The van der Waals surface area contributed by atoms with Crippen LogP contribution in [0.1, 0.15) is 12.5 Å². The minimum Gasteiger partial charge on any atom is -0.494 e. The molecule has 2 aromatic carbocycles. The highest BCUT2D eigenvalue weighted by molar-refractivity contribution is 7.80. The van der Waals surface area contributed by atoms with Crippen molar-refractivity contribution in [2.45, 2.75) is 13.5 Å². The van der Waals surface area contributed by atoms with Gasteiger partial charge in [-0.1, -0.05) is 35.3 Å². The summed E-state index contributed by atoms with van der Waals surface area (Å²) in [4.78, 5) is 0. The molecule has 6 heteroatoms. The quantitative estimate of drug-likeness (QED) is 0.749. The molecule has 2 aromatic rings. The van der Waals surface area contributed by atoms with Gasteiger partial charge in [-0.25, -0.2) is 0 Å². The number of thiocarbonyl (C=S) groups is 1. The Morgan fingerprint density at radius 2 is 2.00 bits per heavy atom. The van der Waals surface area contributed by atoms with Gasteiger partial charge >= 0.3 is 0 Å². The highest BCUT2D eigenvalue weighted by Gasteiger charge is 2.03. The molecule has 0 bridgehead atoms. The number of ether oxygens (including phenoxy) is 1. The topological polar surface area (TPSA) is 33.3 Å². The smallest absolute Gasteiger partial charge is 0.171 e. The van der Waals surface area contributed by atoms with Gasteiger partial charge in [0.25, 0.3) is 0 Å². The third kappa shape index (κ3) is 5.05. The van der Waals surface area contributed by atoms with Crippen molar-refractivity contribution < 1.29 is 4.74 Å². The predicted molar refractivity (Wildman–Crippen MR) is 97.1 cm³/mol. The van der Waals surface area contributed by atoms with Crippen LogP contribution in [0.15, 0.2) is 42.5 Å². The van der Waals surface area contributed by atoms with Crippen LogP contribution in [0, 0.1) is 0 Å². The van der Waals surface area contributed by atoms with Crippen molar-refractivity contribution in [3.8, 4) is 5.75 Å². The van der Waals surface area contributed by atoms with Crippen LogP contribution in [0.25, 0.3) is 0 Å². The van der Waals surface area contributed by atoms with E-state index in [9.17, 15) is 0 Å². The zero-order valence-corrected chi connectivity index (χ0v) is 14.4. The molecule has 3 nitrogen and oxygen atoms in total. The molecular formula is C16H16Cl2N2OS. The first-order chi connectivity index (χ1) is 10.6. The maximum atomic E-state index is 6.12. The van der Waals surface area contributed by atoms with Crippen molar-refractivity contribution in [1.29, 1.82) is 0 Å². The van der Waals surface area contributed by atoms with Gasteiger partial charge in [-0.3, -0.25) is 0 Å². The summed E-state index contributed by atoms with van der Waals surface area (Å²) in [5.74, 6) is 0.802. The molecule has 0 radical (unpaired) electrons. The first kappa shape index (κ1) is 16.9. The predicted octanol–water partition coefficient (Wildman–Crippen LogP) is 4.88. The van der Waals surface area contributed by atoms with Crippen molar-refractivity contribution in [2.75, 3.05) is 11.9 Å². The monoisotopic (exact) mass is 354 g/mol. The SMILES string of the molecule is CCOc1cccc(NC(=S)NCc2ccc(Cl)cc2Cl)c1. The lowest BCUT2D eigenvalue weighted by Gasteiger charge is -2.12. The summed E-state index contributed by atoms with van der Waals surface area (Å²) in [5.41, 5.74) is 1.80. The van der Waals surface area contributed by atoms with Gasteiger partial charge in [0.1, 0.15) is 5.75 Å². The van der Waals surface area contributed by atoms with Crippen LogP contribution in [0.5, 0.6) is 5.75 Å². The molecule has 0 unspecified atom stereocenters. The van der Waals surface area contributed by atoms with E-state index in [1.54, 1.807) is 12.1 Å². The number of halogens is 2. The Hall–Kier alpha value is -1.49. The van der Waals surface area contributed by atoms with Crippen LogP contribution in [0.4, 0.5) is 5.69 Å². The molecular weight excluding hydrogens is 339 g/mol. The normalized spacial score (nSPS) is 10.1. The average molecular weight is 355 g/mol. The Labute approximate surface area is 145 Å². The fourth-order valence-corrected chi connectivity index (χ4v) is 2.51. The van der Waals surface area contributed by atoms with Gasteiger partial charge in [0.15, 0.2) is 5.11 Å². The molecule has 22 heavy (non-hydrogen) atoms. The third-order valence-electron chi connectivity index (χ3n) is 2.86. The number of hydrogen-bond acceptors (Lipinski definition) is 2. The zero-order chi connectivity index (χ0) is 15.9. The Balaban J connectivity index is 1.91. The summed E-state index contributed by atoms with van der Waals surface area (Å²) in [7, 11) is 0. The van der Waals surface area contributed by atoms with E-state index < -0.39 is 0 Å². The average Bonchev–Trinajstić information content (AvgIpc) is 2.47. The number of hydrogen-bond donors (Lipinski definition) is 2. The van der Waals surface area contributed by atoms with Crippen LogP contribution >= 0.6 is 35.4 Å². The molecule has 2 N–H and O–H groups in total. The molecule has 0 amide bonds. The summed E-state index contributed by atoms with van der Waals surface area (Å²) in [6.45, 7) is 3.09. The second-order valence-electron chi connectivity index (χ2n) is 4.50. The van der Waals surface area contributed by atoms with Crippen molar-refractivity contribution in [3.63, 3.8) is 0 Å². The minimum atomic E-state index is 0.514. The maximum absolute atomic E-state index is 6.12. The first-order valence-electron chi connectivity index (χ1n) is 6.80. The van der Waals surface area contributed by atoms with Crippen LogP contribution in [0.2, 0.25) is 10.0 Å². The summed E-state index contributed by atoms with van der Waals surface area (Å²) in [5, 5.41) is 7.96. The van der Waals surface area contributed by atoms with E-state index in [2.05, 4.69) is 10.6 Å². The maximum Gasteiger partial charge on any atom is 0.171 e. The Kier molecular flexibility index (Phi) is 6.31. The van der Waals surface area contributed by atoms with Crippen molar-refractivity contribution in [1.82, 2.24) is 5.32 Å². The summed E-state index contributed by atoms with van der Waals surface area (Å²) in [6, 6.07) is 13.0. The third-order valence-corrected chi connectivity index (χ3v) is 3.69. The van der Waals surface area contributed by atoms with Gasteiger partial charge in [-0.15, -0.1) is 0 Å². The van der Waals surface area contributed by atoms with Crippen molar-refractivity contribution in [2.24, 2.45) is 0 Å². The second-order valence-corrected chi connectivity index (χ2v) is 5.76. The highest BCUT2D eigenvalue weighted by Crippen LogP contribution is 2.21. The zero-order valence-electron chi connectivity index (χ0n) is 12.0. The van der Waals surface area contributed by atoms with Crippen molar-refractivity contribution in [3.05, 3.63) is 58.1 Å². The molecule has 0 aromatic heterocycles. The van der Waals surface area contributed by atoms with E-state index in [4.69, 9.17) is 40.2 Å². The molecule has 0 aliphatic carbocycles. The molecule has 0 atom stereocenters. The molecule has 0 heterocycles. The lowest BCUT2D eigenvalue weighted by Crippen LogP contribution is -2.27. The minimum absolute atomic E-state index is 0.514. The summed E-state index contributed by atoms with van der Waals surface area (Å²) in [6.07, 6.45) is 0. The van der Waals surface area contributed by atoms with Crippen LogP contribution < -0.4 is 15.4 Å². The van der Waals surface area contributed by atoms with E-state index in [1.165, 1.54) is 0 Å². The number of nitrogens with one attached hydrogen (secondary N) is 2. The molecule has 116 valence electrons. The number of rotatable bonds is 5. The van der Waals surface area contributed by atoms with Gasteiger partial charge in [-0.05, 0) is 49.0 Å². The second kappa shape index (κ2) is 8.22. The largest absolute Gasteiger partial charge is 0.494 e.